The van der Waals surface area contributed by atoms with Crippen molar-refractivity contribution in [1.29, 1.82) is 0 Å². The van der Waals surface area contributed by atoms with E-state index in [1.807, 2.05) is 7.05 Å². The highest BCUT2D eigenvalue weighted by Crippen LogP contribution is 2.27. The topological polar surface area (TPSA) is 34.4 Å². The van der Waals surface area contributed by atoms with Gasteiger partial charge in [-0.05, 0) is 38.4 Å². The summed E-state index contributed by atoms with van der Waals surface area (Å²) in [7, 11) is 1.96. The largest absolute Gasteiger partial charge is 0.459 e. The number of furan rings is 1. The van der Waals surface area contributed by atoms with Crippen molar-refractivity contribution >= 4 is 11.0 Å². The van der Waals surface area contributed by atoms with Gasteiger partial charge in [0.05, 0.1) is 6.04 Å². The zero-order valence-electron chi connectivity index (χ0n) is 12.0. The molecule has 0 bridgehead atoms. The molecule has 0 amide bonds. The molecule has 1 unspecified atom stereocenters. The van der Waals surface area contributed by atoms with Crippen LogP contribution in [0.1, 0.15) is 37.1 Å². The van der Waals surface area contributed by atoms with Crippen LogP contribution >= 0.6 is 0 Å². The van der Waals surface area contributed by atoms with E-state index in [2.05, 4.69) is 43.4 Å². The molecule has 3 nitrogen and oxygen atoms in total. The molecule has 1 heterocycles. The molecule has 1 atom stereocenters. The van der Waals surface area contributed by atoms with Crippen molar-refractivity contribution in [2.75, 3.05) is 20.3 Å². The van der Waals surface area contributed by atoms with Crippen molar-refractivity contribution in [3.8, 4) is 0 Å². The minimum atomic E-state index is 0.212. The molecular formula is C16H23NO2. The Hall–Kier alpha value is -1.32. The lowest BCUT2D eigenvalue weighted by Gasteiger charge is -2.13. The van der Waals surface area contributed by atoms with Crippen LogP contribution in [0.5, 0.6) is 0 Å². The Morgan fingerprint density at radius 3 is 2.84 bits per heavy atom. The van der Waals surface area contributed by atoms with Gasteiger partial charge in [-0.2, -0.15) is 0 Å². The standard InChI is InChI=1S/C16H23NO2/c1-4-9-18-10-8-14(17-3)15-11-13-7-5-6-12(2)16(13)19-15/h5-7,11,14,17H,4,8-10H2,1-3H3. The van der Waals surface area contributed by atoms with Crippen LogP contribution in [0.4, 0.5) is 0 Å². The quantitative estimate of drug-likeness (QED) is 0.769. The Morgan fingerprint density at radius 2 is 2.16 bits per heavy atom. The number of hydrogen-bond acceptors (Lipinski definition) is 3. The van der Waals surface area contributed by atoms with E-state index in [-0.39, 0.29) is 6.04 Å². The highest BCUT2D eigenvalue weighted by atomic mass is 16.5. The first-order valence-electron chi connectivity index (χ1n) is 7.00. The summed E-state index contributed by atoms with van der Waals surface area (Å²) in [5.41, 5.74) is 2.17. The molecule has 104 valence electrons. The summed E-state index contributed by atoms with van der Waals surface area (Å²) in [4.78, 5) is 0. The maximum Gasteiger partial charge on any atom is 0.137 e. The first-order valence-corrected chi connectivity index (χ1v) is 7.00. The summed E-state index contributed by atoms with van der Waals surface area (Å²) in [5.74, 6) is 0.992. The number of benzene rings is 1. The van der Waals surface area contributed by atoms with Crippen LogP contribution in [-0.4, -0.2) is 20.3 Å². The van der Waals surface area contributed by atoms with Gasteiger partial charge in [-0.1, -0.05) is 25.1 Å². The van der Waals surface area contributed by atoms with E-state index < -0.39 is 0 Å². The zero-order valence-corrected chi connectivity index (χ0v) is 12.0. The highest BCUT2D eigenvalue weighted by Gasteiger charge is 2.15. The third kappa shape index (κ3) is 3.37. The van der Waals surface area contributed by atoms with Crippen molar-refractivity contribution in [1.82, 2.24) is 5.32 Å². The van der Waals surface area contributed by atoms with Crippen LogP contribution < -0.4 is 5.32 Å². The first kappa shape index (κ1) is 14.1. The number of fused-ring (bicyclic) bond motifs is 1. The Morgan fingerprint density at radius 1 is 1.32 bits per heavy atom. The van der Waals surface area contributed by atoms with Crippen LogP contribution in [-0.2, 0) is 4.74 Å². The third-order valence-electron chi connectivity index (χ3n) is 3.35. The second-order valence-electron chi connectivity index (χ2n) is 4.88. The van der Waals surface area contributed by atoms with E-state index in [4.69, 9.17) is 9.15 Å². The van der Waals surface area contributed by atoms with Gasteiger partial charge in [-0.3, -0.25) is 0 Å². The molecule has 0 radical (unpaired) electrons. The van der Waals surface area contributed by atoms with E-state index in [0.717, 1.165) is 37.4 Å². The minimum absolute atomic E-state index is 0.212. The summed E-state index contributed by atoms with van der Waals surface area (Å²) in [6.45, 7) is 5.79. The number of nitrogens with one attached hydrogen (secondary N) is 1. The van der Waals surface area contributed by atoms with Gasteiger partial charge >= 0.3 is 0 Å². The Kier molecular flexibility index (Phi) is 5.00. The van der Waals surface area contributed by atoms with Crippen molar-refractivity contribution in [2.24, 2.45) is 0 Å². The van der Waals surface area contributed by atoms with Crippen LogP contribution in [0, 0.1) is 6.92 Å². The summed E-state index contributed by atoms with van der Waals surface area (Å²) < 4.78 is 11.5. The molecule has 1 aromatic heterocycles. The van der Waals surface area contributed by atoms with E-state index >= 15 is 0 Å². The molecule has 19 heavy (non-hydrogen) atoms. The predicted molar refractivity (Wildman–Crippen MR) is 78.5 cm³/mol. The average Bonchev–Trinajstić information content (AvgIpc) is 2.84. The normalized spacial score (nSPS) is 13.0. The molecule has 2 rings (SSSR count). The number of aryl methyl sites for hydroxylation is 1. The van der Waals surface area contributed by atoms with Gasteiger partial charge in [-0.15, -0.1) is 0 Å². The Bertz CT molecular complexity index is 518. The number of rotatable bonds is 7. The van der Waals surface area contributed by atoms with E-state index in [1.165, 1.54) is 10.9 Å². The number of para-hydroxylation sites is 1. The van der Waals surface area contributed by atoms with E-state index in [0.29, 0.717) is 0 Å². The zero-order chi connectivity index (χ0) is 13.7. The fourth-order valence-corrected chi connectivity index (χ4v) is 2.28. The molecule has 0 spiro atoms. The SMILES string of the molecule is CCCOCCC(NC)c1cc2cccc(C)c2o1. The monoisotopic (exact) mass is 261 g/mol. The molecule has 0 saturated carbocycles. The van der Waals surface area contributed by atoms with Gasteiger partial charge in [0.25, 0.3) is 0 Å². The van der Waals surface area contributed by atoms with Gasteiger partial charge in [0.15, 0.2) is 0 Å². The molecule has 0 saturated heterocycles. The molecule has 1 aromatic carbocycles. The number of ether oxygens (including phenoxy) is 1. The molecule has 0 aliphatic rings. The molecule has 0 fully saturated rings. The fraction of sp³-hybridized carbons (Fsp3) is 0.500. The Labute approximate surface area is 114 Å². The van der Waals surface area contributed by atoms with Gasteiger partial charge in [0, 0.05) is 18.6 Å². The third-order valence-corrected chi connectivity index (χ3v) is 3.35. The molecule has 0 aliphatic carbocycles. The van der Waals surface area contributed by atoms with E-state index in [9.17, 15) is 0 Å². The van der Waals surface area contributed by atoms with Gasteiger partial charge in [-0.25, -0.2) is 0 Å². The lowest BCUT2D eigenvalue weighted by atomic mass is 10.1. The Balaban J connectivity index is 2.10. The second kappa shape index (κ2) is 6.73. The van der Waals surface area contributed by atoms with E-state index in [1.54, 1.807) is 0 Å². The summed E-state index contributed by atoms with van der Waals surface area (Å²) in [6, 6.07) is 8.58. The van der Waals surface area contributed by atoms with Crippen molar-refractivity contribution < 1.29 is 9.15 Å². The first-order chi connectivity index (χ1) is 9.26. The molecule has 1 N–H and O–H groups in total. The van der Waals surface area contributed by atoms with Crippen molar-refractivity contribution in [2.45, 2.75) is 32.7 Å². The average molecular weight is 261 g/mol. The smallest absolute Gasteiger partial charge is 0.137 e. The lowest BCUT2D eigenvalue weighted by Crippen LogP contribution is -2.17. The maximum atomic E-state index is 5.99. The summed E-state index contributed by atoms with van der Waals surface area (Å²) in [5, 5.41) is 4.47. The van der Waals surface area contributed by atoms with Gasteiger partial charge in [0.1, 0.15) is 11.3 Å². The van der Waals surface area contributed by atoms with Crippen LogP contribution in [0.3, 0.4) is 0 Å². The van der Waals surface area contributed by atoms with Crippen LogP contribution in [0.25, 0.3) is 11.0 Å². The molecular weight excluding hydrogens is 238 g/mol. The van der Waals surface area contributed by atoms with Gasteiger partial charge < -0.3 is 14.5 Å². The highest BCUT2D eigenvalue weighted by molar-refractivity contribution is 5.80. The van der Waals surface area contributed by atoms with Crippen molar-refractivity contribution in [3.05, 3.63) is 35.6 Å². The van der Waals surface area contributed by atoms with Crippen LogP contribution in [0.15, 0.2) is 28.7 Å². The van der Waals surface area contributed by atoms with Crippen LogP contribution in [0.2, 0.25) is 0 Å². The fourth-order valence-electron chi connectivity index (χ4n) is 2.28. The van der Waals surface area contributed by atoms with Gasteiger partial charge in [0.2, 0.25) is 0 Å². The van der Waals surface area contributed by atoms with Crippen molar-refractivity contribution in [3.63, 3.8) is 0 Å². The molecule has 0 aliphatic heterocycles. The number of hydrogen-bond donors (Lipinski definition) is 1. The minimum Gasteiger partial charge on any atom is -0.459 e. The molecule has 2 aromatic rings. The summed E-state index contributed by atoms with van der Waals surface area (Å²) >= 11 is 0. The molecule has 3 heteroatoms. The second-order valence-corrected chi connectivity index (χ2v) is 4.88. The summed E-state index contributed by atoms with van der Waals surface area (Å²) in [6.07, 6.45) is 1.99. The lowest BCUT2D eigenvalue weighted by molar-refractivity contribution is 0.123. The predicted octanol–water partition coefficient (Wildman–Crippen LogP) is 3.82. The maximum absolute atomic E-state index is 5.99.